The van der Waals surface area contributed by atoms with Gasteiger partial charge >= 0.3 is 17.9 Å². The van der Waals surface area contributed by atoms with E-state index >= 15 is 0 Å². The molecule has 3 rings (SSSR count). The Bertz CT molecular complexity index is 1480. The van der Waals surface area contributed by atoms with Crippen LogP contribution in [0.2, 0.25) is 0 Å². The van der Waals surface area contributed by atoms with Gasteiger partial charge in [0.15, 0.2) is 0 Å². The molecule has 4 amide bonds. The summed E-state index contributed by atoms with van der Waals surface area (Å²) in [4.78, 5) is 95.2. The van der Waals surface area contributed by atoms with Crippen molar-refractivity contribution in [3.05, 3.63) is 23.9 Å². The number of amides is 4. The molecule has 10 N–H and O–H groups in total. The normalized spacial score (nSPS) is 20.2. The number of nitrogens with one attached hydrogen (secondary N) is 5. The number of carboxylic acids is 3. The predicted molar refractivity (Wildman–Crippen MR) is 202 cm³/mol. The molecule has 0 spiro atoms. The van der Waals surface area contributed by atoms with Crippen LogP contribution in [0.25, 0.3) is 0 Å². The summed E-state index contributed by atoms with van der Waals surface area (Å²) in [7, 11) is 0. The van der Waals surface area contributed by atoms with E-state index in [-0.39, 0.29) is 120 Å². The highest BCUT2D eigenvalue weighted by atomic mass is 16.4. The third-order valence-corrected chi connectivity index (χ3v) is 9.70. The first kappa shape index (κ1) is 45.4. The lowest BCUT2D eigenvalue weighted by Gasteiger charge is -2.32. The fraction of sp³-hybridized carbons (Fsp3) is 0.657. The number of rotatable bonds is 19. The van der Waals surface area contributed by atoms with Crippen LogP contribution < -0.4 is 32.8 Å². The van der Waals surface area contributed by atoms with Gasteiger partial charge in [0.05, 0.1) is 31.7 Å². The second-order valence-electron chi connectivity index (χ2n) is 14.6. The number of aromatic nitrogens is 1. The molecule has 1 aliphatic heterocycles. The highest BCUT2D eigenvalue weighted by Gasteiger charge is 2.58. The molecule has 21 heteroatoms. The van der Waals surface area contributed by atoms with Crippen LogP contribution in [0.15, 0.2) is 18.3 Å². The highest BCUT2D eigenvalue weighted by Crippen LogP contribution is 2.46. The Morgan fingerprint density at radius 1 is 0.732 bits per heavy atom. The van der Waals surface area contributed by atoms with E-state index in [9.17, 15) is 48.9 Å². The maximum atomic E-state index is 12.9. The molecular formula is C35H57N11O10. The average molecular weight is 792 g/mol. The molecule has 2 atom stereocenters. The Balaban J connectivity index is 1.39. The van der Waals surface area contributed by atoms with Gasteiger partial charge in [-0.15, -0.1) is 0 Å². The Morgan fingerprint density at radius 2 is 1.25 bits per heavy atom. The average Bonchev–Trinajstić information content (AvgIpc) is 3.84. The monoisotopic (exact) mass is 791 g/mol. The van der Waals surface area contributed by atoms with Crippen LogP contribution >= 0.6 is 0 Å². The van der Waals surface area contributed by atoms with E-state index in [2.05, 4.69) is 32.0 Å². The van der Waals surface area contributed by atoms with Crippen LogP contribution in [-0.4, -0.2) is 172 Å². The molecule has 21 nitrogen and oxygen atoms in total. The molecule has 56 heavy (non-hydrogen) atoms. The summed E-state index contributed by atoms with van der Waals surface area (Å²) in [6, 6.07) is 3.05. The van der Waals surface area contributed by atoms with Gasteiger partial charge in [-0.05, 0) is 43.2 Å². The maximum absolute atomic E-state index is 12.9. The Labute approximate surface area is 325 Å². The van der Waals surface area contributed by atoms with E-state index in [1.165, 1.54) is 18.3 Å². The van der Waals surface area contributed by atoms with Crippen molar-refractivity contribution >= 4 is 47.4 Å². The van der Waals surface area contributed by atoms with Gasteiger partial charge in [-0.25, -0.2) is 4.98 Å². The lowest BCUT2D eigenvalue weighted by Crippen LogP contribution is -2.52. The summed E-state index contributed by atoms with van der Waals surface area (Å²) >= 11 is 0. The summed E-state index contributed by atoms with van der Waals surface area (Å²) in [5.41, 5.74) is 15.6. The molecule has 312 valence electrons. The number of nitrogens with two attached hydrogens (primary N) is 1. The minimum absolute atomic E-state index is 0.0979. The quantitative estimate of drug-likeness (QED) is 0.0531. The molecule has 1 aliphatic carbocycles. The number of hydrogen-bond donors (Lipinski definition) is 9. The van der Waals surface area contributed by atoms with Crippen molar-refractivity contribution in [2.75, 3.05) is 90.5 Å². The SMILES string of the molecule is CC(C)C1C[C@]1(N)C(=O)NNC(=O)CCCCCNC(=O)c1ccc(NNC(=O)CN2CCN(CC(=O)O)CCN(CC(=O)O)CCN(CC(=O)O)CC2)nc1. The molecule has 1 unspecified atom stereocenters. The van der Waals surface area contributed by atoms with Gasteiger partial charge in [-0.1, -0.05) is 20.3 Å². The van der Waals surface area contributed by atoms with Gasteiger partial charge in [0.25, 0.3) is 17.7 Å². The zero-order chi connectivity index (χ0) is 41.3. The molecule has 0 aromatic carbocycles. The van der Waals surface area contributed by atoms with Crippen LogP contribution in [0.3, 0.4) is 0 Å². The van der Waals surface area contributed by atoms with Crippen molar-refractivity contribution < 1.29 is 48.9 Å². The molecule has 1 aromatic rings. The Hall–Kier alpha value is -4.96. The fourth-order valence-corrected chi connectivity index (χ4v) is 6.36. The third-order valence-electron chi connectivity index (χ3n) is 9.70. The topological polar surface area (TPSA) is 292 Å². The number of aliphatic carboxylic acids is 3. The summed E-state index contributed by atoms with van der Waals surface area (Å²) in [6.07, 6.45) is 4.01. The zero-order valence-corrected chi connectivity index (χ0v) is 32.1. The number of carbonyl (C=O) groups excluding carboxylic acids is 4. The molecule has 2 aliphatic rings. The first-order valence-electron chi connectivity index (χ1n) is 18.8. The first-order valence-corrected chi connectivity index (χ1v) is 18.8. The van der Waals surface area contributed by atoms with Crippen molar-refractivity contribution in [3.63, 3.8) is 0 Å². The minimum atomic E-state index is -1.04. The molecule has 0 bridgehead atoms. The number of anilines is 1. The van der Waals surface area contributed by atoms with E-state index < -0.39 is 29.4 Å². The van der Waals surface area contributed by atoms with Crippen molar-refractivity contribution in [2.45, 2.75) is 51.5 Å². The molecular weight excluding hydrogens is 734 g/mol. The van der Waals surface area contributed by atoms with Gasteiger partial charge in [-0.2, -0.15) is 0 Å². The van der Waals surface area contributed by atoms with Crippen LogP contribution in [0, 0.1) is 11.8 Å². The molecule has 2 fully saturated rings. The van der Waals surface area contributed by atoms with Crippen molar-refractivity contribution in [3.8, 4) is 0 Å². The zero-order valence-electron chi connectivity index (χ0n) is 32.1. The lowest BCUT2D eigenvalue weighted by molar-refractivity contribution is -0.140. The van der Waals surface area contributed by atoms with Crippen LogP contribution in [-0.2, 0) is 28.8 Å². The van der Waals surface area contributed by atoms with E-state index in [0.29, 0.717) is 37.8 Å². The summed E-state index contributed by atoms with van der Waals surface area (Å²) in [5.74, 6) is -3.97. The van der Waals surface area contributed by atoms with E-state index in [4.69, 9.17) is 5.73 Å². The molecule has 0 radical (unpaired) electrons. The number of hydrogen-bond acceptors (Lipinski definition) is 14. The molecule has 1 saturated heterocycles. The Morgan fingerprint density at radius 3 is 1.70 bits per heavy atom. The van der Waals surface area contributed by atoms with E-state index in [0.717, 1.165) is 0 Å². The van der Waals surface area contributed by atoms with Crippen LogP contribution in [0.5, 0.6) is 0 Å². The minimum Gasteiger partial charge on any atom is -0.480 e. The summed E-state index contributed by atoms with van der Waals surface area (Å²) in [6.45, 7) is 5.63. The number of hydrazine groups is 2. The van der Waals surface area contributed by atoms with Crippen LogP contribution in [0.4, 0.5) is 5.82 Å². The van der Waals surface area contributed by atoms with E-state index in [1.807, 2.05) is 13.8 Å². The third kappa shape index (κ3) is 16.4. The predicted octanol–water partition coefficient (Wildman–Crippen LogP) is -2.19. The van der Waals surface area contributed by atoms with Gasteiger partial charge in [0.1, 0.15) is 11.4 Å². The highest BCUT2D eigenvalue weighted by molar-refractivity contribution is 5.94. The molecule has 2 heterocycles. The van der Waals surface area contributed by atoms with Crippen LogP contribution in [0.1, 0.15) is 56.3 Å². The lowest BCUT2D eigenvalue weighted by atomic mass is 10.0. The van der Waals surface area contributed by atoms with E-state index in [1.54, 1.807) is 19.6 Å². The molecule has 1 saturated carbocycles. The smallest absolute Gasteiger partial charge is 0.317 e. The second-order valence-corrected chi connectivity index (χ2v) is 14.6. The van der Waals surface area contributed by atoms with Gasteiger partial charge in [-0.3, -0.25) is 74.9 Å². The van der Waals surface area contributed by atoms with Crippen molar-refractivity contribution in [2.24, 2.45) is 17.6 Å². The summed E-state index contributed by atoms with van der Waals surface area (Å²) < 4.78 is 0. The first-order chi connectivity index (χ1) is 26.5. The maximum Gasteiger partial charge on any atom is 0.317 e. The largest absolute Gasteiger partial charge is 0.480 e. The van der Waals surface area contributed by atoms with Crippen molar-refractivity contribution in [1.82, 2.24) is 46.2 Å². The van der Waals surface area contributed by atoms with Gasteiger partial charge < -0.3 is 26.4 Å². The van der Waals surface area contributed by atoms with Crippen molar-refractivity contribution in [1.29, 1.82) is 0 Å². The van der Waals surface area contributed by atoms with Gasteiger partial charge in [0.2, 0.25) is 5.91 Å². The van der Waals surface area contributed by atoms with Gasteiger partial charge in [0, 0.05) is 71.5 Å². The molecule has 1 aromatic heterocycles. The second kappa shape index (κ2) is 22.6. The summed E-state index contributed by atoms with van der Waals surface area (Å²) in [5, 5.41) is 30.9. The number of pyridine rings is 1. The number of nitrogens with zero attached hydrogens (tertiary/aromatic N) is 5. The number of carboxylic acid groups (broad SMARTS) is 3. The Kier molecular flexibility index (Phi) is 18.3. The number of unbranched alkanes of at least 4 members (excludes halogenated alkanes) is 2. The number of carbonyl (C=O) groups is 7. The fourth-order valence-electron chi connectivity index (χ4n) is 6.36. The standard InChI is InChI=1S/C35H57N11O10/c1-24(2)26-18-35(26,36)34(56)42-40-28(47)6-4-3-5-9-37-33(55)25-7-8-27(38-19-25)39-41-29(48)20-43-10-12-44(21-30(49)50)14-16-46(23-32(53)54)17-15-45(13-11-43)22-31(51)52/h7-8,19,24,26H,3-6,9-18,20-23,36H2,1-2H3,(H,37,55)(H,38,39)(H,40,47)(H,41,48)(H,42,56)(H,49,50)(H,51,52)(H,53,54)/t26?,35-/m1/s1.